The van der Waals surface area contributed by atoms with E-state index >= 15 is 0 Å². The number of rotatable bonds is 8. The van der Waals surface area contributed by atoms with E-state index in [4.69, 9.17) is 0 Å². The molecule has 0 radical (unpaired) electrons. The lowest BCUT2D eigenvalue weighted by atomic mass is 10.2. The van der Waals surface area contributed by atoms with E-state index < -0.39 is 8.07 Å². The Morgan fingerprint density at radius 1 is 0.654 bits per heavy atom. The van der Waals surface area contributed by atoms with Crippen molar-refractivity contribution in [3.05, 3.63) is 91.0 Å². The number of hydrogen-bond donors (Lipinski definition) is 1. The van der Waals surface area contributed by atoms with E-state index in [1.54, 1.807) is 0 Å². The Morgan fingerprint density at radius 3 is 1.38 bits per heavy atom. The molecule has 0 saturated heterocycles. The molecular weight excluding hydrogens is 332 g/mol. The Bertz CT molecular complexity index is 674. The topological polar surface area (TPSA) is 20.2 Å². The summed E-state index contributed by atoms with van der Waals surface area (Å²) in [5.74, 6) is 0. The second-order valence-corrected chi connectivity index (χ2v) is 11.4. The van der Waals surface area contributed by atoms with Crippen molar-refractivity contribution >= 4 is 23.6 Å². The average Bonchev–Trinajstić information content (AvgIpc) is 2.71. The van der Waals surface area contributed by atoms with Gasteiger partial charge in [-0.25, -0.2) is 0 Å². The highest BCUT2D eigenvalue weighted by atomic mass is 28.3. The first kappa shape index (κ1) is 18.6. The fraction of sp³-hybridized carbons (Fsp3) is 0.250. The maximum Gasteiger partial charge on any atom is 0.151 e. The van der Waals surface area contributed by atoms with Crippen molar-refractivity contribution in [1.82, 2.24) is 0 Å². The lowest BCUT2D eigenvalue weighted by Crippen LogP contribution is -2.69. The Hall–Kier alpha value is -2.16. The van der Waals surface area contributed by atoms with Crippen molar-refractivity contribution in [3.8, 4) is 0 Å². The lowest BCUT2D eigenvalue weighted by Gasteiger charge is -2.39. The number of hydrogen-bond acceptors (Lipinski definition) is 1. The minimum atomic E-state index is -2.16. The van der Waals surface area contributed by atoms with E-state index in [9.17, 15) is 5.11 Å². The molecule has 0 saturated carbocycles. The van der Waals surface area contributed by atoms with Crippen molar-refractivity contribution in [3.63, 3.8) is 0 Å². The fourth-order valence-corrected chi connectivity index (χ4v) is 9.73. The Balaban J connectivity index is 2.21. The molecule has 0 aromatic heterocycles. The Kier molecular flexibility index (Phi) is 6.43. The molecule has 0 heterocycles. The van der Waals surface area contributed by atoms with Crippen LogP contribution in [0.15, 0.2) is 91.0 Å². The molecule has 2 heteroatoms. The van der Waals surface area contributed by atoms with Crippen molar-refractivity contribution in [2.24, 2.45) is 0 Å². The van der Waals surface area contributed by atoms with Crippen molar-refractivity contribution in [2.75, 3.05) is 6.61 Å². The summed E-state index contributed by atoms with van der Waals surface area (Å²) in [5.41, 5.74) is 0.543. The van der Waals surface area contributed by atoms with Gasteiger partial charge in [0.2, 0.25) is 0 Å². The molecule has 3 rings (SSSR count). The minimum absolute atomic E-state index is 0.281. The number of unbranched alkanes of at least 4 members (excludes halogenated alkanes) is 1. The van der Waals surface area contributed by atoms with Gasteiger partial charge in [-0.05, 0) is 27.5 Å². The van der Waals surface area contributed by atoms with Gasteiger partial charge in [0.05, 0.1) is 0 Å². The lowest BCUT2D eigenvalue weighted by molar-refractivity contribution is 0.283. The first-order chi connectivity index (χ1) is 12.8. The number of benzene rings is 3. The monoisotopic (exact) mass is 360 g/mol. The number of aliphatic hydroxyl groups excluding tert-OH is 1. The van der Waals surface area contributed by atoms with Crippen LogP contribution in [0, 0.1) is 0 Å². The maximum atomic E-state index is 9.24. The van der Waals surface area contributed by atoms with Crippen LogP contribution in [0.2, 0.25) is 5.54 Å². The van der Waals surface area contributed by atoms with Gasteiger partial charge in [0.1, 0.15) is 0 Å². The Labute approximate surface area is 158 Å². The molecule has 0 aliphatic rings. The summed E-state index contributed by atoms with van der Waals surface area (Å²) >= 11 is 0. The molecule has 0 aliphatic heterocycles. The van der Waals surface area contributed by atoms with Crippen molar-refractivity contribution in [1.29, 1.82) is 0 Å². The molecule has 134 valence electrons. The van der Waals surface area contributed by atoms with Gasteiger partial charge in [-0.2, -0.15) is 0 Å². The molecule has 1 atom stereocenters. The van der Waals surface area contributed by atoms with E-state index in [0.29, 0.717) is 5.54 Å². The van der Waals surface area contributed by atoms with Crippen LogP contribution in [0.4, 0.5) is 0 Å². The first-order valence-corrected chi connectivity index (χ1v) is 11.6. The predicted octanol–water partition coefficient (Wildman–Crippen LogP) is 3.71. The van der Waals surface area contributed by atoms with Crippen molar-refractivity contribution < 1.29 is 5.11 Å². The Morgan fingerprint density at radius 2 is 1.04 bits per heavy atom. The summed E-state index contributed by atoms with van der Waals surface area (Å²) < 4.78 is 0. The largest absolute Gasteiger partial charge is 0.396 e. The van der Waals surface area contributed by atoms with Gasteiger partial charge in [-0.3, -0.25) is 0 Å². The van der Waals surface area contributed by atoms with Gasteiger partial charge in [-0.1, -0.05) is 111 Å². The third kappa shape index (κ3) is 3.67. The quantitative estimate of drug-likeness (QED) is 0.369. The van der Waals surface area contributed by atoms with Gasteiger partial charge < -0.3 is 5.11 Å². The molecule has 3 aromatic rings. The molecule has 1 nitrogen and oxygen atoms in total. The van der Waals surface area contributed by atoms with Gasteiger partial charge in [-0.15, -0.1) is 0 Å². The molecule has 1 N–H and O–H groups in total. The van der Waals surface area contributed by atoms with Crippen LogP contribution < -0.4 is 15.6 Å². The van der Waals surface area contributed by atoms with Crippen LogP contribution in [0.1, 0.15) is 26.2 Å². The maximum absolute atomic E-state index is 9.24. The van der Waals surface area contributed by atoms with Gasteiger partial charge in [0.25, 0.3) is 0 Å². The highest BCUT2D eigenvalue weighted by Gasteiger charge is 2.43. The predicted molar refractivity (Wildman–Crippen MR) is 114 cm³/mol. The molecule has 0 fully saturated rings. The van der Waals surface area contributed by atoms with Crippen LogP contribution in [0.5, 0.6) is 0 Å². The molecule has 0 aliphatic carbocycles. The zero-order chi connectivity index (χ0) is 18.2. The zero-order valence-electron chi connectivity index (χ0n) is 15.5. The summed E-state index contributed by atoms with van der Waals surface area (Å²) in [7, 11) is -2.16. The van der Waals surface area contributed by atoms with E-state index in [0.717, 1.165) is 19.3 Å². The van der Waals surface area contributed by atoms with E-state index in [-0.39, 0.29) is 6.61 Å². The highest BCUT2D eigenvalue weighted by Crippen LogP contribution is 2.27. The molecule has 0 amide bonds. The molecule has 0 bridgehead atoms. The second-order valence-electron chi connectivity index (χ2n) is 7.03. The van der Waals surface area contributed by atoms with Crippen LogP contribution in [0.3, 0.4) is 0 Å². The van der Waals surface area contributed by atoms with Gasteiger partial charge in [0.15, 0.2) is 8.07 Å². The number of aliphatic hydroxyl groups is 1. The molecule has 0 spiro atoms. The second kappa shape index (κ2) is 8.97. The van der Waals surface area contributed by atoms with Crippen LogP contribution >= 0.6 is 0 Å². The molecule has 26 heavy (non-hydrogen) atoms. The van der Waals surface area contributed by atoms with Crippen LogP contribution in [-0.4, -0.2) is 19.8 Å². The summed E-state index contributed by atoms with van der Waals surface area (Å²) in [6.45, 7) is 2.69. The van der Waals surface area contributed by atoms with E-state index in [1.165, 1.54) is 15.6 Å². The summed E-state index contributed by atoms with van der Waals surface area (Å²) in [4.78, 5) is 0. The van der Waals surface area contributed by atoms with Crippen LogP contribution in [-0.2, 0) is 0 Å². The third-order valence-corrected chi connectivity index (χ3v) is 11.0. The fourth-order valence-electron chi connectivity index (χ4n) is 4.24. The van der Waals surface area contributed by atoms with Crippen molar-refractivity contribution in [2.45, 2.75) is 31.7 Å². The van der Waals surface area contributed by atoms with Gasteiger partial charge in [0, 0.05) is 6.61 Å². The first-order valence-electron chi connectivity index (χ1n) is 9.57. The van der Waals surface area contributed by atoms with E-state index in [2.05, 4.69) is 97.9 Å². The van der Waals surface area contributed by atoms with E-state index in [1.807, 2.05) is 0 Å². The van der Waals surface area contributed by atoms with Gasteiger partial charge >= 0.3 is 0 Å². The summed E-state index contributed by atoms with van der Waals surface area (Å²) in [5, 5.41) is 13.6. The smallest absolute Gasteiger partial charge is 0.151 e. The standard InChI is InChI=1S/C24H28OSi/c1-21(13-11-12-20-25)26(22-14-5-2-6-15-22,23-16-7-3-8-17-23)24-18-9-4-10-19-24/h2-10,14-19,21,25H,11-13,20H2,1H3. The molecule has 3 aromatic carbocycles. The zero-order valence-corrected chi connectivity index (χ0v) is 16.5. The normalized spacial score (nSPS) is 12.7. The third-order valence-electron chi connectivity index (χ3n) is 5.47. The van der Waals surface area contributed by atoms with Crippen LogP contribution in [0.25, 0.3) is 0 Å². The minimum Gasteiger partial charge on any atom is -0.396 e. The highest BCUT2D eigenvalue weighted by molar-refractivity contribution is 7.12. The summed E-state index contributed by atoms with van der Waals surface area (Å²) in [6, 6.07) is 33.2. The SMILES string of the molecule is CC(CCCCO)[Si](c1ccccc1)(c1ccccc1)c1ccccc1. The average molecular weight is 361 g/mol. The molecule has 1 unspecified atom stereocenters. The molecular formula is C24H28OSi. The summed E-state index contributed by atoms with van der Waals surface area (Å²) in [6.07, 6.45) is 3.08.